The Morgan fingerprint density at radius 1 is 1.38 bits per heavy atom. The lowest BCUT2D eigenvalue weighted by Gasteiger charge is -2.11. The molecule has 86 valence electrons. The van der Waals surface area contributed by atoms with Gasteiger partial charge in [-0.1, -0.05) is 6.07 Å². The van der Waals surface area contributed by atoms with E-state index in [1.165, 1.54) is 14.2 Å². The van der Waals surface area contributed by atoms with Gasteiger partial charge in [-0.15, -0.1) is 0 Å². The van der Waals surface area contributed by atoms with Gasteiger partial charge >= 0.3 is 5.97 Å². The molecule has 2 rings (SSSR count). The summed E-state index contributed by atoms with van der Waals surface area (Å²) in [5.74, 6) is 0.0725. The molecule has 0 spiro atoms. The summed E-state index contributed by atoms with van der Waals surface area (Å²) in [5, 5.41) is 9.05. The lowest BCUT2D eigenvalue weighted by atomic mass is 10.00. The minimum atomic E-state index is -1.19. The number of carboxylic acids is 1. The second kappa shape index (κ2) is 3.68. The average molecular weight is 224 g/mol. The van der Waals surface area contributed by atoms with E-state index in [1.807, 2.05) is 0 Å². The first-order valence-corrected chi connectivity index (χ1v) is 4.74. The number of ether oxygens (including phenoxy) is 3. The van der Waals surface area contributed by atoms with Crippen molar-refractivity contribution in [3.8, 4) is 11.5 Å². The fourth-order valence-corrected chi connectivity index (χ4v) is 1.57. The molecule has 0 saturated carbocycles. The van der Waals surface area contributed by atoms with E-state index in [0.717, 1.165) is 0 Å². The van der Waals surface area contributed by atoms with Crippen LogP contribution in [0.4, 0.5) is 0 Å². The van der Waals surface area contributed by atoms with E-state index in [9.17, 15) is 4.79 Å². The van der Waals surface area contributed by atoms with Crippen LogP contribution < -0.4 is 9.47 Å². The maximum atomic E-state index is 11.0. The Balaban J connectivity index is 2.40. The molecule has 1 unspecified atom stereocenters. The highest BCUT2D eigenvalue weighted by atomic mass is 16.6. The van der Waals surface area contributed by atoms with E-state index < -0.39 is 11.6 Å². The molecule has 1 aliphatic heterocycles. The summed E-state index contributed by atoms with van der Waals surface area (Å²) in [6.45, 7) is 0.192. The first kappa shape index (κ1) is 10.8. The molecule has 0 radical (unpaired) electrons. The Morgan fingerprint density at radius 3 is 2.44 bits per heavy atom. The molecular weight excluding hydrogens is 212 g/mol. The molecule has 1 aromatic carbocycles. The summed E-state index contributed by atoms with van der Waals surface area (Å²) in [6.07, 6.45) is 0. The van der Waals surface area contributed by atoms with Crippen molar-refractivity contribution in [3.63, 3.8) is 0 Å². The van der Waals surface area contributed by atoms with Crippen LogP contribution in [0.3, 0.4) is 0 Å². The van der Waals surface area contributed by atoms with Crippen molar-refractivity contribution in [2.45, 2.75) is 5.60 Å². The Hall–Kier alpha value is -1.75. The normalized spacial score (nSPS) is 22.6. The fraction of sp³-hybridized carbons (Fsp3) is 0.364. The van der Waals surface area contributed by atoms with Gasteiger partial charge in [0.05, 0.1) is 20.8 Å². The minimum absolute atomic E-state index is 0.192. The highest BCUT2D eigenvalue weighted by Gasteiger charge is 2.54. The number of rotatable bonds is 4. The lowest BCUT2D eigenvalue weighted by Crippen LogP contribution is -2.21. The van der Waals surface area contributed by atoms with Gasteiger partial charge in [0, 0.05) is 5.56 Å². The maximum Gasteiger partial charge on any atom is 0.343 e. The third kappa shape index (κ3) is 1.49. The molecule has 1 N–H and O–H groups in total. The molecule has 1 aliphatic rings. The van der Waals surface area contributed by atoms with Gasteiger partial charge in [0.15, 0.2) is 11.5 Å². The van der Waals surface area contributed by atoms with Crippen molar-refractivity contribution in [2.24, 2.45) is 0 Å². The van der Waals surface area contributed by atoms with Crippen molar-refractivity contribution < 1.29 is 24.1 Å². The van der Waals surface area contributed by atoms with E-state index in [4.69, 9.17) is 19.3 Å². The Kier molecular flexibility index (Phi) is 2.47. The van der Waals surface area contributed by atoms with Gasteiger partial charge in [0.2, 0.25) is 5.60 Å². The van der Waals surface area contributed by atoms with Crippen LogP contribution in [0.2, 0.25) is 0 Å². The van der Waals surface area contributed by atoms with Crippen LogP contribution in [-0.4, -0.2) is 31.9 Å². The van der Waals surface area contributed by atoms with Crippen LogP contribution in [0, 0.1) is 0 Å². The largest absolute Gasteiger partial charge is 0.493 e. The van der Waals surface area contributed by atoms with Gasteiger partial charge < -0.3 is 19.3 Å². The van der Waals surface area contributed by atoms with Gasteiger partial charge in [-0.2, -0.15) is 0 Å². The average Bonchev–Trinajstić information content (AvgIpc) is 3.09. The molecule has 0 amide bonds. The van der Waals surface area contributed by atoms with Crippen molar-refractivity contribution in [3.05, 3.63) is 23.8 Å². The van der Waals surface area contributed by atoms with Crippen LogP contribution in [0.25, 0.3) is 0 Å². The second-order valence-corrected chi connectivity index (χ2v) is 3.49. The third-order valence-corrected chi connectivity index (χ3v) is 2.63. The zero-order chi connectivity index (χ0) is 11.8. The summed E-state index contributed by atoms with van der Waals surface area (Å²) in [5.41, 5.74) is -0.628. The molecule has 1 aromatic rings. The number of carboxylic acid groups (broad SMARTS) is 1. The zero-order valence-corrected chi connectivity index (χ0v) is 9.02. The summed E-state index contributed by atoms with van der Waals surface area (Å²) in [6, 6.07) is 4.96. The van der Waals surface area contributed by atoms with Crippen molar-refractivity contribution in [2.75, 3.05) is 20.8 Å². The number of methoxy groups -OCH3 is 2. The number of benzene rings is 1. The van der Waals surface area contributed by atoms with E-state index in [0.29, 0.717) is 17.1 Å². The Morgan fingerprint density at radius 2 is 2.00 bits per heavy atom. The summed E-state index contributed by atoms with van der Waals surface area (Å²) < 4.78 is 15.2. The van der Waals surface area contributed by atoms with Crippen LogP contribution >= 0.6 is 0 Å². The molecule has 1 atom stereocenters. The minimum Gasteiger partial charge on any atom is -0.493 e. The predicted octanol–water partition coefficient (Wildman–Crippen LogP) is 1.01. The molecule has 5 heteroatoms. The smallest absolute Gasteiger partial charge is 0.343 e. The fourth-order valence-electron chi connectivity index (χ4n) is 1.57. The first-order chi connectivity index (χ1) is 7.64. The van der Waals surface area contributed by atoms with E-state index in [2.05, 4.69) is 0 Å². The number of epoxide rings is 1. The van der Waals surface area contributed by atoms with E-state index >= 15 is 0 Å². The van der Waals surface area contributed by atoms with Gasteiger partial charge in [-0.3, -0.25) is 0 Å². The van der Waals surface area contributed by atoms with Crippen LogP contribution in [-0.2, 0) is 15.1 Å². The van der Waals surface area contributed by atoms with Gasteiger partial charge in [0.25, 0.3) is 0 Å². The molecule has 16 heavy (non-hydrogen) atoms. The number of carbonyl (C=O) groups is 1. The lowest BCUT2D eigenvalue weighted by molar-refractivity contribution is -0.143. The Bertz CT molecular complexity index is 422. The SMILES string of the molecule is COc1ccc(C2(C(=O)O)CO2)cc1OC. The molecule has 0 aliphatic carbocycles. The topological polar surface area (TPSA) is 68.3 Å². The van der Waals surface area contributed by atoms with Crippen molar-refractivity contribution in [1.82, 2.24) is 0 Å². The van der Waals surface area contributed by atoms with Crippen molar-refractivity contribution in [1.29, 1.82) is 0 Å². The summed E-state index contributed by atoms with van der Waals surface area (Å²) in [7, 11) is 3.03. The van der Waals surface area contributed by atoms with Gasteiger partial charge in [-0.25, -0.2) is 4.79 Å². The molecule has 0 aromatic heterocycles. The maximum absolute atomic E-state index is 11.0. The molecule has 1 fully saturated rings. The third-order valence-electron chi connectivity index (χ3n) is 2.63. The van der Waals surface area contributed by atoms with Gasteiger partial charge in [0.1, 0.15) is 0 Å². The zero-order valence-electron chi connectivity index (χ0n) is 9.02. The molecular formula is C11H12O5. The first-order valence-electron chi connectivity index (χ1n) is 4.74. The van der Waals surface area contributed by atoms with Crippen molar-refractivity contribution >= 4 is 5.97 Å². The number of aliphatic carboxylic acids is 1. The predicted molar refractivity (Wildman–Crippen MR) is 54.8 cm³/mol. The molecule has 5 nitrogen and oxygen atoms in total. The standard InChI is InChI=1S/C11H12O5/c1-14-8-4-3-7(5-9(8)15-2)11(6-16-11)10(12)13/h3-5H,6H2,1-2H3,(H,12,13). The van der Waals surface area contributed by atoms with Gasteiger partial charge in [-0.05, 0) is 12.1 Å². The second-order valence-electron chi connectivity index (χ2n) is 3.49. The quantitative estimate of drug-likeness (QED) is 0.773. The Labute approximate surface area is 92.5 Å². The van der Waals surface area contributed by atoms with Crippen LogP contribution in [0.15, 0.2) is 18.2 Å². The number of hydrogen-bond donors (Lipinski definition) is 1. The number of hydrogen-bond acceptors (Lipinski definition) is 4. The van der Waals surface area contributed by atoms with E-state index in [-0.39, 0.29) is 6.61 Å². The molecule has 1 heterocycles. The van der Waals surface area contributed by atoms with E-state index in [1.54, 1.807) is 18.2 Å². The van der Waals surface area contributed by atoms with Crippen LogP contribution in [0.5, 0.6) is 11.5 Å². The summed E-state index contributed by atoms with van der Waals surface area (Å²) >= 11 is 0. The summed E-state index contributed by atoms with van der Waals surface area (Å²) in [4.78, 5) is 11.0. The molecule has 0 bridgehead atoms. The highest BCUT2D eigenvalue weighted by Crippen LogP contribution is 2.42. The highest BCUT2D eigenvalue weighted by molar-refractivity contribution is 5.82. The monoisotopic (exact) mass is 224 g/mol. The molecule has 1 saturated heterocycles. The van der Waals surface area contributed by atoms with Crippen LogP contribution in [0.1, 0.15) is 5.56 Å².